The number of non-ortho nitro benzene ring substituents is 1. The Morgan fingerprint density at radius 2 is 2.04 bits per heavy atom. The van der Waals surface area contributed by atoms with Crippen molar-refractivity contribution in [1.29, 1.82) is 0 Å². The van der Waals surface area contributed by atoms with E-state index in [1.165, 1.54) is 24.3 Å². The van der Waals surface area contributed by atoms with E-state index in [-0.39, 0.29) is 17.7 Å². The minimum Gasteiger partial charge on any atom is -0.486 e. The van der Waals surface area contributed by atoms with Crippen molar-refractivity contribution in [2.75, 3.05) is 13.2 Å². The molecule has 1 heterocycles. The molecule has 0 unspecified atom stereocenters. The molecule has 7 nitrogen and oxygen atoms in total. The number of nitrogens with zero attached hydrogens (tertiary/aromatic N) is 1. The first kappa shape index (κ1) is 16.5. The molecule has 0 bridgehead atoms. The Kier molecular flexibility index (Phi) is 4.94. The second-order valence-electron chi connectivity index (χ2n) is 5.43. The Morgan fingerprint density at radius 1 is 1.24 bits per heavy atom. The lowest BCUT2D eigenvalue weighted by atomic mass is 10.2. The van der Waals surface area contributed by atoms with Crippen LogP contribution in [-0.4, -0.2) is 30.1 Å². The number of hydrogen-bond acceptors (Lipinski definition) is 5. The number of carbonyl (C=O) groups is 1. The first-order valence-electron chi connectivity index (χ1n) is 7.70. The maximum atomic E-state index is 11.9. The minimum atomic E-state index is -0.477. The molecule has 2 aromatic carbocycles. The molecule has 1 aliphatic heterocycles. The van der Waals surface area contributed by atoms with E-state index in [1.807, 2.05) is 24.3 Å². The number of carbonyl (C=O) groups excluding carboxylic acids is 1. The molecular weight excluding hydrogens is 324 g/mol. The maximum absolute atomic E-state index is 11.9. The Hall–Kier alpha value is -3.35. The summed E-state index contributed by atoms with van der Waals surface area (Å²) in [6, 6.07) is 13.4. The summed E-state index contributed by atoms with van der Waals surface area (Å²) in [6.07, 6.45) is 2.58. The number of nitro groups is 1. The second kappa shape index (κ2) is 7.48. The summed E-state index contributed by atoms with van der Waals surface area (Å²) in [5.74, 6) is 1.03. The number of nitrogens with one attached hydrogen (secondary N) is 1. The molecule has 7 heteroatoms. The van der Waals surface area contributed by atoms with E-state index in [4.69, 9.17) is 9.47 Å². The zero-order valence-electron chi connectivity index (χ0n) is 13.3. The number of ether oxygens (including phenoxy) is 2. The van der Waals surface area contributed by atoms with Gasteiger partial charge in [-0.05, 0) is 23.8 Å². The minimum absolute atomic E-state index is 0.0195. The summed E-state index contributed by atoms with van der Waals surface area (Å²) >= 11 is 0. The molecule has 1 aliphatic rings. The van der Waals surface area contributed by atoms with E-state index in [9.17, 15) is 14.9 Å². The van der Waals surface area contributed by atoms with Crippen molar-refractivity contribution in [3.05, 3.63) is 70.3 Å². The lowest BCUT2D eigenvalue weighted by Crippen LogP contribution is -2.40. The predicted molar refractivity (Wildman–Crippen MR) is 91.5 cm³/mol. The molecule has 0 radical (unpaired) electrons. The van der Waals surface area contributed by atoms with Gasteiger partial charge in [-0.15, -0.1) is 0 Å². The van der Waals surface area contributed by atoms with E-state index < -0.39 is 4.92 Å². The monoisotopic (exact) mass is 340 g/mol. The van der Waals surface area contributed by atoms with Crippen molar-refractivity contribution >= 4 is 17.7 Å². The van der Waals surface area contributed by atoms with Crippen LogP contribution in [-0.2, 0) is 4.79 Å². The highest BCUT2D eigenvalue weighted by molar-refractivity contribution is 5.91. The average molecular weight is 340 g/mol. The molecular formula is C18H16N2O5. The summed E-state index contributed by atoms with van der Waals surface area (Å²) < 4.78 is 11.3. The first-order valence-corrected chi connectivity index (χ1v) is 7.70. The Morgan fingerprint density at radius 3 is 2.84 bits per heavy atom. The maximum Gasteiger partial charge on any atom is 0.270 e. The lowest BCUT2D eigenvalue weighted by molar-refractivity contribution is -0.384. The molecule has 0 saturated heterocycles. The topological polar surface area (TPSA) is 90.7 Å². The molecule has 0 saturated carbocycles. The summed E-state index contributed by atoms with van der Waals surface area (Å²) in [6.45, 7) is 0.651. The van der Waals surface area contributed by atoms with Crippen LogP contribution in [0.15, 0.2) is 54.6 Å². The van der Waals surface area contributed by atoms with E-state index in [2.05, 4.69) is 5.32 Å². The predicted octanol–water partition coefficient (Wildman–Crippen LogP) is 2.56. The zero-order chi connectivity index (χ0) is 17.6. The summed E-state index contributed by atoms with van der Waals surface area (Å²) in [5.41, 5.74) is 0.560. The third-order valence-electron chi connectivity index (χ3n) is 3.58. The SMILES string of the molecule is O=C(/C=C/c1cccc([N+](=O)[O-])c1)NC[C@H]1COc2ccccc2O1. The van der Waals surface area contributed by atoms with E-state index in [0.717, 1.165) is 0 Å². The van der Waals surface area contributed by atoms with Gasteiger partial charge in [-0.2, -0.15) is 0 Å². The third kappa shape index (κ3) is 4.35. The molecule has 1 atom stereocenters. The van der Waals surface area contributed by atoms with Crippen molar-refractivity contribution < 1.29 is 19.2 Å². The van der Waals surface area contributed by atoms with Crippen molar-refractivity contribution in [3.63, 3.8) is 0 Å². The van der Waals surface area contributed by atoms with Crippen LogP contribution in [0.1, 0.15) is 5.56 Å². The highest BCUT2D eigenvalue weighted by Gasteiger charge is 2.20. The molecule has 1 amide bonds. The Labute approximate surface area is 144 Å². The molecule has 3 rings (SSSR count). The fraction of sp³-hybridized carbons (Fsp3) is 0.167. The van der Waals surface area contributed by atoms with Gasteiger partial charge in [0.15, 0.2) is 11.5 Å². The van der Waals surface area contributed by atoms with Gasteiger partial charge in [0.2, 0.25) is 5.91 Å². The highest BCUT2D eigenvalue weighted by atomic mass is 16.6. The van der Waals surface area contributed by atoms with Gasteiger partial charge >= 0.3 is 0 Å². The van der Waals surface area contributed by atoms with E-state index in [1.54, 1.807) is 12.1 Å². The number of rotatable bonds is 5. The van der Waals surface area contributed by atoms with Gasteiger partial charge in [-0.25, -0.2) is 0 Å². The van der Waals surface area contributed by atoms with Crippen LogP contribution >= 0.6 is 0 Å². The molecule has 2 aromatic rings. The molecule has 0 fully saturated rings. The van der Waals surface area contributed by atoms with Crippen LogP contribution in [0.2, 0.25) is 0 Å². The van der Waals surface area contributed by atoms with Gasteiger partial charge in [-0.3, -0.25) is 14.9 Å². The molecule has 128 valence electrons. The summed E-state index contributed by atoms with van der Waals surface area (Å²) in [7, 11) is 0. The van der Waals surface area contributed by atoms with Crippen LogP contribution in [0.25, 0.3) is 6.08 Å². The zero-order valence-corrected chi connectivity index (χ0v) is 13.3. The molecule has 0 aliphatic carbocycles. The lowest BCUT2D eigenvalue weighted by Gasteiger charge is -2.26. The van der Waals surface area contributed by atoms with Crippen LogP contribution in [0, 0.1) is 10.1 Å². The van der Waals surface area contributed by atoms with Crippen molar-refractivity contribution in [2.45, 2.75) is 6.10 Å². The molecule has 0 aromatic heterocycles. The molecule has 25 heavy (non-hydrogen) atoms. The molecule has 1 N–H and O–H groups in total. The van der Waals surface area contributed by atoms with Gasteiger partial charge in [-0.1, -0.05) is 24.3 Å². The van der Waals surface area contributed by atoms with Crippen molar-refractivity contribution in [3.8, 4) is 11.5 Å². The smallest absolute Gasteiger partial charge is 0.270 e. The van der Waals surface area contributed by atoms with Crippen LogP contribution in [0.3, 0.4) is 0 Å². The van der Waals surface area contributed by atoms with Crippen LogP contribution in [0.5, 0.6) is 11.5 Å². The van der Waals surface area contributed by atoms with Gasteiger partial charge in [0.05, 0.1) is 11.5 Å². The quantitative estimate of drug-likeness (QED) is 0.513. The first-order chi connectivity index (χ1) is 12.1. The molecule has 0 spiro atoms. The van der Waals surface area contributed by atoms with Gasteiger partial charge < -0.3 is 14.8 Å². The number of hydrogen-bond donors (Lipinski definition) is 1. The Bertz CT molecular complexity index is 819. The summed E-state index contributed by atoms with van der Waals surface area (Å²) in [4.78, 5) is 22.2. The van der Waals surface area contributed by atoms with Gasteiger partial charge in [0, 0.05) is 18.2 Å². The van der Waals surface area contributed by atoms with E-state index >= 15 is 0 Å². The van der Waals surface area contributed by atoms with Gasteiger partial charge in [0.25, 0.3) is 5.69 Å². The number of fused-ring (bicyclic) bond motifs is 1. The Balaban J connectivity index is 1.52. The standard InChI is InChI=1S/C18H16N2O5/c21-18(9-8-13-4-3-5-14(10-13)20(22)23)19-11-15-12-24-16-6-1-2-7-17(16)25-15/h1-10,15H,11-12H2,(H,19,21)/b9-8+/t15-/m0/s1. The number of amides is 1. The number of para-hydroxylation sites is 2. The second-order valence-corrected chi connectivity index (χ2v) is 5.43. The van der Waals surface area contributed by atoms with Crippen LogP contribution in [0.4, 0.5) is 5.69 Å². The fourth-order valence-electron chi connectivity index (χ4n) is 2.35. The van der Waals surface area contributed by atoms with Crippen molar-refractivity contribution in [2.24, 2.45) is 0 Å². The fourth-order valence-corrected chi connectivity index (χ4v) is 2.35. The third-order valence-corrected chi connectivity index (χ3v) is 3.58. The number of nitro benzene ring substituents is 1. The van der Waals surface area contributed by atoms with Crippen LogP contribution < -0.4 is 14.8 Å². The number of benzene rings is 2. The average Bonchev–Trinajstić information content (AvgIpc) is 2.64. The van der Waals surface area contributed by atoms with E-state index in [0.29, 0.717) is 30.2 Å². The normalized spacial score (nSPS) is 15.8. The highest BCUT2D eigenvalue weighted by Crippen LogP contribution is 2.30. The summed E-state index contributed by atoms with van der Waals surface area (Å²) in [5, 5.41) is 13.5. The van der Waals surface area contributed by atoms with Gasteiger partial charge in [0.1, 0.15) is 12.7 Å². The van der Waals surface area contributed by atoms with Crippen molar-refractivity contribution in [1.82, 2.24) is 5.32 Å². The largest absolute Gasteiger partial charge is 0.486 e.